The van der Waals surface area contributed by atoms with Gasteiger partial charge in [-0.25, -0.2) is 4.98 Å². The standard InChI is InChI=1S/C20H31N5S/c1-4-21-20(23-13-11-19-16-26-17(2)24-19)22-12-8-14-25(3)15-18-9-6-5-7-10-18/h5-7,9-10,16H,4,8,11-15H2,1-3H3,(H2,21,22,23). The van der Waals surface area contributed by atoms with Gasteiger partial charge in [0.2, 0.25) is 0 Å². The van der Waals surface area contributed by atoms with Crippen LogP contribution in [0.15, 0.2) is 40.7 Å². The number of rotatable bonds is 10. The Labute approximate surface area is 161 Å². The highest BCUT2D eigenvalue weighted by Crippen LogP contribution is 2.07. The second-order valence-corrected chi connectivity index (χ2v) is 7.43. The van der Waals surface area contributed by atoms with Crippen LogP contribution in [0.25, 0.3) is 0 Å². The van der Waals surface area contributed by atoms with E-state index in [2.05, 4.69) is 75.2 Å². The molecule has 0 atom stereocenters. The smallest absolute Gasteiger partial charge is 0.191 e. The molecule has 0 saturated carbocycles. The van der Waals surface area contributed by atoms with Crippen LogP contribution in [-0.2, 0) is 13.0 Å². The molecule has 0 aliphatic carbocycles. The first kappa shape index (κ1) is 20.4. The van der Waals surface area contributed by atoms with Crippen molar-refractivity contribution in [2.24, 2.45) is 4.99 Å². The molecule has 0 unspecified atom stereocenters. The van der Waals surface area contributed by atoms with Crippen LogP contribution in [0.4, 0.5) is 0 Å². The summed E-state index contributed by atoms with van der Waals surface area (Å²) in [5, 5.41) is 9.96. The number of nitrogens with one attached hydrogen (secondary N) is 2. The molecule has 0 radical (unpaired) electrons. The summed E-state index contributed by atoms with van der Waals surface area (Å²) in [7, 11) is 2.16. The highest BCUT2D eigenvalue weighted by atomic mass is 32.1. The zero-order valence-electron chi connectivity index (χ0n) is 16.2. The van der Waals surface area contributed by atoms with Crippen LogP contribution in [0.3, 0.4) is 0 Å². The molecule has 0 saturated heterocycles. The Kier molecular flexibility index (Phi) is 9.14. The Balaban J connectivity index is 1.67. The van der Waals surface area contributed by atoms with E-state index in [-0.39, 0.29) is 0 Å². The Bertz CT molecular complexity index is 653. The van der Waals surface area contributed by atoms with Crippen molar-refractivity contribution >= 4 is 17.3 Å². The monoisotopic (exact) mass is 373 g/mol. The molecule has 0 spiro atoms. The third-order valence-electron chi connectivity index (χ3n) is 3.95. The van der Waals surface area contributed by atoms with Gasteiger partial charge < -0.3 is 15.5 Å². The number of thiazole rings is 1. The summed E-state index contributed by atoms with van der Waals surface area (Å²) in [6, 6.07) is 10.6. The van der Waals surface area contributed by atoms with Crippen LogP contribution in [-0.4, -0.2) is 49.1 Å². The zero-order chi connectivity index (χ0) is 18.6. The largest absolute Gasteiger partial charge is 0.357 e. The van der Waals surface area contributed by atoms with E-state index < -0.39 is 0 Å². The zero-order valence-corrected chi connectivity index (χ0v) is 17.0. The molecule has 6 heteroatoms. The van der Waals surface area contributed by atoms with E-state index in [1.807, 2.05) is 6.92 Å². The first-order valence-corrected chi connectivity index (χ1v) is 10.2. The van der Waals surface area contributed by atoms with Crippen molar-refractivity contribution in [3.8, 4) is 0 Å². The molecular formula is C20H31N5S. The van der Waals surface area contributed by atoms with Gasteiger partial charge in [-0.1, -0.05) is 30.3 Å². The van der Waals surface area contributed by atoms with E-state index >= 15 is 0 Å². The Morgan fingerprint density at radius 3 is 2.73 bits per heavy atom. The van der Waals surface area contributed by atoms with Crippen molar-refractivity contribution in [1.29, 1.82) is 0 Å². The lowest BCUT2D eigenvalue weighted by Gasteiger charge is -2.16. The topological polar surface area (TPSA) is 52.6 Å². The van der Waals surface area contributed by atoms with Gasteiger partial charge in [0.15, 0.2) is 5.96 Å². The van der Waals surface area contributed by atoms with Crippen molar-refractivity contribution in [3.05, 3.63) is 52.0 Å². The second kappa shape index (κ2) is 11.6. The summed E-state index contributed by atoms with van der Waals surface area (Å²) in [5.41, 5.74) is 2.50. The number of benzene rings is 1. The number of nitrogens with zero attached hydrogens (tertiary/aromatic N) is 3. The molecule has 1 aromatic carbocycles. The van der Waals surface area contributed by atoms with Gasteiger partial charge in [0, 0.05) is 38.0 Å². The fraction of sp³-hybridized carbons (Fsp3) is 0.500. The number of hydrogen-bond donors (Lipinski definition) is 2. The molecule has 0 fully saturated rings. The SMILES string of the molecule is CCNC(=NCCCN(C)Cc1ccccc1)NCCc1csc(C)n1. The van der Waals surface area contributed by atoms with Gasteiger partial charge in [-0.3, -0.25) is 4.99 Å². The summed E-state index contributed by atoms with van der Waals surface area (Å²) in [6.45, 7) is 8.70. The molecule has 1 aromatic heterocycles. The van der Waals surface area contributed by atoms with Gasteiger partial charge in [-0.15, -0.1) is 11.3 Å². The molecule has 1 heterocycles. The van der Waals surface area contributed by atoms with E-state index in [4.69, 9.17) is 0 Å². The van der Waals surface area contributed by atoms with Gasteiger partial charge in [0.05, 0.1) is 10.7 Å². The maximum absolute atomic E-state index is 4.68. The first-order chi connectivity index (χ1) is 12.7. The van der Waals surface area contributed by atoms with Gasteiger partial charge in [-0.05, 0) is 39.4 Å². The third-order valence-corrected chi connectivity index (χ3v) is 4.77. The fourth-order valence-electron chi connectivity index (χ4n) is 2.68. The number of aliphatic imine (C=N–C) groups is 1. The average Bonchev–Trinajstić information content (AvgIpc) is 3.04. The van der Waals surface area contributed by atoms with Crippen LogP contribution in [0.2, 0.25) is 0 Å². The summed E-state index contributed by atoms with van der Waals surface area (Å²) in [4.78, 5) is 11.5. The Morgan fingerprint density at radius 1 is 1.23 bits per heavy atom. The van der Waals surface area contributed by atoms with E-state index in [1.54, 1.807) is 11.3 Å². The maximum atomic E-state index is 4.68. The molecular weight excluding hydrogens is 342 g/mol. The molecule has 26 heavy (non-hydrogen) atoms. The predicted molar refractivity (Wildman–Crippen MR) is 112 cm³/mol. The molecule has 0 amide bonds. The molecule has 0 aliphatic rings. The quantitative estimate of drug-likeness (QED) is 0.382. The summed E-state index contributed by atoms with van der Waals surface area (Å²) in [5.74, 6) is 0.894. The van der Waals surface area contributed by atoms with Crippen LogP contribution >= 0.6 is 11.3 Å². The van der Waals surface area contributed by atoms with Crippen molar-refractivity contribution in [1.82, 2.24) is 20.5 Å². The minimum Gasteiger partial charge on any atom is -0.357 e. The second-order valence-electron chi connectivity index (χ2n) is 6.37. The number of aryl methyl sites for hydroxylation is 1. The van der Waals surface area contributed by atoms with Crippen LogP contribution in [0.1, 0.15) is 29.6 Å². The van der Waals surface area contributed by atoms with Crippen molar-refractivity contribution in [2.45, 2.75) is 33.2 Å². The summed E-state index contributed by atoms with van der Waals surface area (Å²) in [6.07, 6.45) is 1.97. The highest BCUT2D eigenvalue weighted by molar-refractivity contribution is 7.09. The first-order valence-electron chi connectivity index (χ1n) is 9.33. The molecule has 2 N–H and O–H groups in total. The van der Waals surface area contributed by atoms with Crippen LogP contribution in [0.5, 0.6) is 0 Å². The van der Waals surface area contributed by atoms with Crippen molar-refractivity contribution < 1.29 is 0 Å². The summed E-state index contributed by atoms with van der Waals surface area (Å²) < 4.78 is 0. The molecule has 5 nitrogen and oxygen atoms in total. The predicted octanol–water partition coefficient (Wildman–Crippen LogP) is 3.07. The lowest BCUT2D eigenvalue weighted by molar-refractivity contribution is 0.324. The number of hydrogen-bond acceptors (Lipinski definition) is 4. The summed E-state index contributed by atoms with van der Waals surface area (Å²) >= 11 is 1.70. The lowest BCUT2D eigenvalue weighted by Crippen LogP contribution is -2.38. The minimum absolute atomic E-state index is 0.824. The van der Waals surface area contributed by atoms with Crippen LogP contribution in [0, 0.1) is 6.92 Å². The van der Waals surface area contributed by atoms with E-state index in [0.29, 0.717) is 0 Å². The van der Waals surface area contributed by atoms with Crippen molar-refractivity contribution in [2.75, 3.05) is 33.2 Å². The van der Waals surface area contributed by atoms with Crippen LogP contribution < -0.4 is 10.6 Å². The van der Waals surface area contributed by atoms with Gasteiger partial charge in [-0.2, -0.15) is 0 Å². The van der Waals surface area contributed by atoms with Gasteiger partial charge >= 0.3 is 0 Å². The van der Waals surface area contributed by atoms with Gasteiger partial charge in [0.25, 0.3) is 0 Å². The van der Waals surface area contributed by atoms with E-state index in [0.717, 1.165) is 62.2 Å². The molecule has 2 aromatic rings. The molecule has 2 rings (SSSR count). The fourth-order valence-corrected chi connectivity index (χ4v) is 3.33. The lowest BCUT2D eigenvalue weighted by atomic mass is 10.2. The average molecular weight is 374 g/mol. The third kappa shape index (κ3) is 7.97. The minimum atomic E-state index is 0.824. The molecule has 0 bridgehead atoms. The maximum Gasteiger partial charge on any atom is 0.191 e. The number of aromatic nitrogens is 1. The molecule has 0 aliphatic heterocycles. The molecule has 142 valence electrons. The Morgan fingerprint density at radius 2 is 2.04 bits per heavy atom. The van der Waals surface area contributed by atoms with Crippen molar-refractivity contribution in [3.63, 3.8) is 0 Å². The van der Waals surface area contributed by atoms with Gasteiger partial charge in [0.1, 0.15) is 0 Å². The van der Waals surface area contributed by atoms with E-state index in [1.165, 1.54) is 5.56 Å². The normalized spacial score (nSPS) is 11.8. The Hall–Kier alpha value is -1.92. The number of guanidine groups is 1. The highest BCUT2D eigenvalue weighted by Gasteiger charge is 2.02. The van der Waals surface area contributed by atoms with E-state index in [9.17, 15) is 0 Å².